The fraction of sp³-hybridized carbons (Fsp3) is 0. The lowest BCUT2D eigenvalue weighted by Gasteiger charge is -2.05. The predicted octanol–water partition coefficient (Wildman–Crippen LogP) is 2.49. The van der Waals surface area contributed by atoms with Gasteiger partial charge in [0.25, 0.3) is 0 Å². The first-order chi connectivity index (χ1) is 6.91. The van der Waals surface area contributed by atoms with Crippen LogP contribution in [0.1, 0.15) is 0 Å². The lowest BCUT2D eigenvalue weighted by atomic mass is 10.3. The van der Waals surface area contributed by atoms with E-state index in [9.17, 15) is 9.59 Å². The zero-order valence-electron chi connectivity index (χ0n) is 6.96. The highest BCUT2D eigenvalue weighted by Crippen LogP contribution is 2.26. The number of ether oxygens (including phenoxy) is 1. The summed E-state index contributed by atoms with van der Waals surface area (Å²) in [7, 11) is 0. The van der Waals surface area contributed by atoms with Crippen molar-refractivity contribution in [2.24, 2.45) is 0 Å². The Morgan fingerprint density at radius 3 is 2.00 bits per heavy atom. The number of aliphatic carboxylic acids is 1. The number of rotatable bonds is 1. The molecule has 1 rings (SSSR count). The van der Waals surface area contributed by atoms with Crippen LogP contribution in [-0.4, -0.2) is 17.0 Å². The first-order valence-corrected chi connectivity index (χ1v) is 6.75. The third-order valence-corrected chi connectivity index (χ3v) is 6.27. The van der Waals surface area contributed by atoms with E-state index in [0.717, 1.165) is 10.7 Å². The van der Waals surface area contributed by atoms with Gasteiger partial charge in [0.05, 0.1) is 0 Å². The first kappa shape index (κ1) is 13.4. The van der Waals surface area contributed by atoms with Crippen LogP contribution in [0.25, 0.3) is 0 Å². The highest BCUT2D eigenvalue weighted by molar-refractivity contribution is 14.1. The molecule has 0 atom stereocenters. The molecular weight excluding hydrogens is 541 g/mol. The monoisotopic (exact) mass is 544 g/mol. The van der Waals surface area contributed by atoms with Gasteiger partial charge in [0, 0.05) is 10.7 Å². The molecule has 15 heavy (non-hydrogen) atoms. The van der Waals surface area contributed by atoms with Gasteiger partial charge in [-0.15, -0.1) is 0 Å². The molecule has 0 saturated carbocycles. The van der Waals surface area contributed by atoms with Gasteiger partial charge in [-0.2, -0.15) is 0 Å². The van der Waals surface area contributed by atoms with Crippen LogP contribution in [0, 0.1) is 10.7 Å². The van der Waals surface area contributed by atoms with Crippen LogP contribution in [0.15, 0.2) is 12.1 Å². The summed E-state index contributed by atoms with van der Waals surface area (Å²) in [4.78, 5) is 21.1. The van der Waals surface area contributed by atoms with Gasteiger partial charge >= 0.3 is 11.9 Å². The van der Waals surface area contributed by atoms with Crippen LogP contribution >= 0.6 is 67.8 Å². The molecule has 0 aliphatic rings. The lowest BCUT2D eigenvalue weighted by Crippen LogP contribution is -2.19. The number of carboxylic acid groups (broad SMARTS) is 1. The molecule has 0 unspecified atom stereocenters. The predicted molar refractivity (Wildman–Crippen MR) is 77.9 cm³/mol. The number of carboxylic acids is 1. The van der Waals surface area contributed by atoms with Gasteiger partial charge in [0.2, 0.25) is 0 Å². The van der Waals surface area contributed by atoms with Gasteiger partial charge in [-0.05, 0) is 79.9 Å². The minimum Gasteiger partial charge on any atom is -0.473 e. The summed E-state index contributed by atoms with van der Waals surface area (Å²) in [5.74, 6) is -2.63. The van der Waals surface area contributed by atoms with Crippen LogP contribution in [-0.2, 0) is 9.59 Å². The second-order valence-electron chi connectivity index (χ2n) is 2.40. The molecule has 0 fully saturated rings. The van der Waals surface area contributed by atoms with E-state index in [1.807, 2.05) is 0 Å². The Morgan fingerprint density at radius 1 is 1.13 bits per heavy atom. The Bertz CT molecular complexity index is 407. The summed E-state index contributed by atoms with van der Waals surface area (Å²) in [6, 6.07) is 3.23. The molecule has 0 amide bonds. The molecule has 1 N–H and O–H groups in total. The molecule has 1 aromatic rings. The Hall–Kier alpha value is 0.350. The molecule has 0 aliphatic heterocycles. The van der Waals surface area contributed by atoms with Gasteiger partial charge in [-0.25, -0.2) is 9.59 Å². The maximum atomic E-state index is 10.8. The molecule has 0 aromatic heterocycles. The van der Waals surface area contributed by atoms with Crippen LogP contribution in [0.5, 0.6) is 5.75 Å². The number of halogens is 3. The minimum absolute atomic E-state index is 0.247. The minimum atomic E-state index is -1.60. The topological polar surface area (TPSA) is 63.6 Å². The molecule has 0 radical (unpaired) electrons. The van der Waals surface area contributed by atoms with Crippen molar-refractivity contribution < 1.29 is 19.4 Å². The highest BCUT2D eigenvalue weighted by Gasteiger charge is 2.15. The van der Waals surface area contributed by atoms with Crippen LogP contribution in [0.2, 0.25) is 0 Å². The Kier molecular flexibility index (Phi) is 5.02. The number of carbonyl (C=O) groups is 2. The molecule has 0 saturated heterocycles. The van der Waals surface area contributed by atoms with Crippen molar-refractivity contribution in [2.45, 2.75) is 0 Å². The van der Waals surface area contributed by atoms with Gasteiger partial charge in [-0.3, -0.25) is 0 Å². The van der Waals surface area contributed by atoms with E-state index in [2.05, 4.69) is 72.5 Å². The average molecular weight is 544 g/mol. The molecule has 0 spiro atoms. The van der Waals surface area contributed by atoms with E-state index in [-0.39, 0.29) is 5.75 Å². The van der Waals surface area contributed by atoms with Crippen molar-refractivity contribution in [1.82, 2.24) is 0 Å². The van der Waals surface area contributed by atoms with Gasteiger partial charge in [0.1, 0.15) is 5.75 Å². The van der Waals surface area contributed by atoms with E-state index in [1.54, 1.807) is 12.1 Å². The van der Waals surface area contributed by atoms with Crippen molar-refractivity contribution in [3.63, 3.8) is 0 Å². The Morgan fingerprint density at radius 2 is 1.60 bits per heavy atom. The second-order valence-corrected chi connectivity index (χ2v) is 5.80. The SMILES string of the molecule is O=C(O)C(=O)Oc1cc(I)c(I)c(I)c1. The zero-order valence-corrected chi connectivity index (χ0v) is 13.4. The molecule has 1 aromatic carbocycles. The Labute approximate surface area is 126 Å². The van der Waals surface area contributed by atoms with E-state index in [0.29, 0.717) is 0 Å². The number of hydrogen-bond acceptors (Lipinski definition) is 3. The van der Waals surface area contributed by atoms with E-state index in [4.69, 9.17) is 5.11 Å². The summed E-state index contributed by atoms with van der Waals surface area (Å²) in [6.07, 6.45) is 0. The highest BCUT2D eigenvalue weighted by atomic mass is 127. The van der Waals surface area contributed by atoms with Crippen molar-refractivity contribution in [1.29, 1.82) is 0 Å². The van der Waals surface area contributed by atoms with Gasteiger partial charge < -0.3 is 9.84 Å². The normalized spacial score (nSPS) is 9.80. The summed E-state index contributed by atoms with van der Waals surface area (Å²) in [5.41, 5.74) is 0. The average Bonchev–Trinajstić information content (AvgIpc) is 2.13. The van der Waals surface area contributed by atoms with Crippen molar-refractivity contribution in [2.75, 3.05) is 0 Å². The molecular formula is C8H3I3O4. The maximum Gasteiger partial charge on any atom is 0.422 e. The zero-order chi connectivity index (χ0) is 11.6. The number of esters is 1. The van der Waals surface area contributed by atoms with E-state index >= 15 is 0 Å². The quantitative estimate of drug-likeness (QED) is 0.194. The fourth-order valence-corrected chi connectivity index (χ4v) is 2.76. The molecule has 80 valence electrons. The van der Waals surface area contributed by atoms with Crippen LogP contribution < -0.4 is 4.74 Å². The largest absolute Gasteiger partial charge is 0.473 e. The van der Waals surface area contributed by atoms with Gasteiger partial charge in [0.15, 0.2) is 0 Å². The molecule has 0 bridgehead atoms. The third kappa shape index (κ3) is 3.69. The second kappa shape index (κ2) is 5.61. The summed E-state index contributed by atoms with van der Waals surface area (Å²) in [6.45, 7) is 0. The molecule has 0 heterocycles. The molecule has 0 aliphatic carbocycles. The van der Waals surface area contributed by atoms with Gasteiger partial charge in [-0.1, -0.05) is 0 Å². The summed E-state index contributed by atoms with van der Waals surface area (Å²) >= 11 is 6.34. The summed E-state index contributed by atoms with van der Waals surface area (Å²) in [5, 5.41) is 8.36. The van der Waals surface area contributed by atoms with Crippen LogP contribution in [0.4, 0.5) is 0 Å². The standard InChI is InChI=1S/C8H3I3O4/c9-4-1-3(2-5(10)6(4)11)15-8(14)7(12)13/h1-2H,(H,12,13). The third-order valence-electron chi connectivity index (χ3n) is 1.34. The maximum absolute atomic E-state index is 10.8. The number of carbonyl (C=O) groups excluding carboxylic acids is 1. The number of benzene rings is 1. The van der Waals surface area contributed by atoms with Crippen molar-refractivity contribution in [3.05, 3.63) is 22.8 Å². The molecule has 7 heteroatoms. The van der Waals surface area contributed by atoms with Crippen molar-refractivity contribution >= 4 is 79.7 Å². The fourth-order valence-electron chi connectivity index (χ4n) is 0.742. The molecule has 4 nitrogen and oxygen atoms in total. The van der Waals surface area contributed by atoms with Crippen LogP contribution in [0.3, 0.4) is 0 Å². The Balaban J connectivity index is 2.98. The lowest BCUT2D eigenvalue weighted by molar-refractivity contribution is -0.158. The smallest absolute Gasteiger partial charge is 0.422 e. The van der Waals surface area contributed by atoms with Crippen molar-refractivity contribution in [3.8, 4) is 5.75 Å². The van der Waals surface area contributed by atoms with E-state index < -0.39 is 11.9 Å². The number of hydrogen-bond donors (Lipinski definition) is 1. The first-order valence-electron chi connectivity index (χ1n) is 3.51. The summed E-state index contributed by atoms with van der Waals surface area (Å²) < 4.78 is 7.51. The van der Waals surface area contributed by atoms with E-state index in [1.165, 1.54) is 0 Å².